The molecule has 1 heterocycles. The minimum Gasteiger partial charge on any atom is -0.495 e. The van der Waals surface area contributed by atoms with Crippen molar-refractivity contribution >= 4 is 0 Å². The first-order valence-corrected chi connectivity index (χ1v) is 5.42. The lowest BCUT2D eigenvalue weighted by molar-refractivity contribution is 0.214. The molecule has 0 aliphatic heterocycles. The summed E-state index contributed by atoms with van der Waals surface area (Å²) in [5.74, 6) is 0.536. The van der Waals surface area contributed by atoms with Gasteiger partial charge in [0.2, 0.25) is 0 Å². The van der Waals surface area contributed by atoms with Gasteiger partial charge in [0.15, 0.2) is 0 Å². The Hall–Kier alpha value is -2.38. The summed E-state index contributed by atoms with van der Waals surface area (Å²) in [7, 11) is 1.53. The van der Waals surface area contributed by atoms with Crippen molar-refractivity contribution < 1.29 is 9.84 Å². The van der Waals surface area contributed by atoms with Gasteiger partial charge in [-0.3, -0.25) is 4.98 Å². The molecule has 1 aromatic heterocycles. The average molecular weight is 240 g/mol. The van der Waals surface area contributed by atoms with Gasteiger partial charge in [-0.15, -0.1) is 0 Å². The van der Waals surface area contributed by atoms with Crippen molar-refractivity contribution in [3.63, 3.8) is 0 Å². The number of methoxy groups -OCH3 is 1. The first kappa shape index (κ1) is 12.1. The van der Waals surface area contributed by atoms with Crippen LogP contribution in [0.4, 0.5) is 0 Å². The smallest absolute Gasteiger partial charge is 0.143 e. The molecule has 4 heteroatoms. The molecular weight excluding hydrogens is 228 g/mol. The van der Waals surface area contributed by atoms with Crippen LogP contribution in [-0.2, 0) is 0 Å². The van der Waals surface area contributed by atoms with Gasteiger partial charge in [0.25, 0.3) is 0 Å². The highest BCUT2D eigenvalue weighted by atomic mass is 16.5. The molecule has 18 heavy (non-hydrogen) atoms. The van der Waals surface area contributed by atoms with E-state index in [4.69, 9.17) is 10.00 Å². The number of nitriles is 1. The maximum absolute atomic E-state index is 10.3. The lowest BCUT2D eigenvalue weighted by Gasteiger charge is -2.14. The minimum atomic E-state index is -0.796. The Bertz CT molecular complexity index is 573. The van der Waals surface area contributed by atoms with E-state index in [1.54, 1.807) is 42.7 Å². The summed E-state index contributed by atoms with van der Waals surface area (Å²) in [6.07, 6.45) is 2.36. The van der Waals surface area contributed by atoms with E-state index >= 15 is 0 Å². The summed E-state index contributed by atoms with van der Waals surface area (Å²) in [6.45, 7) is 0. The second kappa shape index (κ2) is 5.30. The fraction of sp³-hybridized carbons (Fsp3) is 0.143. The Labute approximate surface area is 105 Å². The fourth-order valence-electron chi connectivity index (χ4n) is 1.71. The first-order valence-electron chi connectivity index (χ1n) is 5.42. The predicted octanol–water partition coefficient (Wildman–Crippen LogP) is 2.04. The van der Waals surface area contributed by atoms with Crippen molar-refractivity contribution in [2.75, 3.05) is 7.11 Å². The number of nitrogens with zero attached hydrogens (tertiary/aromatic N) is 2. The lowest BCUT2D eigenvalue weighted by atomic mass is 10.0. The van der Waals surface area contributed by atoms with Gasteiger partial charge < -0.3 is 9.84 Å². The number of pyridine rings is 1. The van der Waals surface area contributed by atoms with E-state index in [-0.39, 0.29) is 0 Å². The first-order chi connectivity index (χ1) is 8.76. The third-order valence-corrected chi connectivity index (χ3v) is 2.69. The Morgan fingerprint density at radius 3 is 2.61 bits per heavy atom. The van der Waals surface area contributed by atoms with Gasteiger partial charge in [0, 0.05) is 11.8 Å². The number of hydrogen-bond donors (Lipinski definition) is 1. The number of hydrogen-bond acceptors (Lipinski definition) is 4. The molecule has 4 nitrogen and oxygen atoms in total. The molecule has 1 atom stereocenters. The van der Waals surface area contributed by atoms with Crippen molar-refractivity contribution in [1.29, 1.82) is 5.26 Å². The molecule has 0 spiro atoms. The Kier molecular flexibility index (Phi) is 3.56. The summed E-state index contributed by atoms with van der Waals surface area (Å²) in [6, 6.07) is 10.5. The topological polar surface area (TPSA) is 66.1 Å². The lowest BCUT2D eigenvalue weighted by Crippen LogP contribution is -2.02. The van der Waals surface area contributed by atoms with Gasteiger partial charge in [-0.05, 0) is 23.8 Å². The summed E-state index contributed by atoms with van der Waals surface area (Å²) in [4.78, 5) is 3.94. The molecule has 0 amide bonds. The highest BCUT2D eigenvalue weighted by Crippen LogP contribution is 2.28. The molecule has 0 aliphatic rings. The van der Waals surface area contributed by atoms with Gasteiger partial charge in [-0.2, -0.15) is 5.26 Å². The quantitative estimate of drug-likeness (QED) is 0.891. The zero-order valence-electron chi connectivity index (χ0n) is 9.87. The largest absolute Gasteiger partial charge is 0.495 e. The van der Waals surface area contributed by atoms with Crippen LogP contribution in [0.2, 0.25) is 0 Å². The van der Waals surface area contributed by atoms with Gasteiger partial charge in [0.05, 0.1) is 24.9 Å². The molecule has 1 unspecified atom stereocenters. The van der Waals surface area contributed by atoms with E-state index in [0.717, 1.165) is 0 Å². The zero-order valence-corrected chi connectivity index (χ0v) is 9.87. The van der Waals surface area contributed by atoms with E-state index in [2.05, 4.69) is 4.98 Å². The molecule has 0 saturated carbocycles. The molecule has 1 N–H and O–H groups in total. The molecule has 90 valence electrons. The van der Waals surface area contributed by atoms with Crippen LogP contribution in [0.25, 0.3) is 0 Å². The molecule has 0 aliphatic carbocycles. The van der Waals surface area contributed by atoms with Crippen molar-refractivity contribution in [3.05, 3.63) is 59.4 Å². The standard InChI is InChI=1S/C14H12N2O2/c1-18-13-9-16-7-6-12(13)14(17)11-4-2-10(8-15)3-5-11/h2-7,9,14,17H,1H3. The van der Waals surface area contributed by atoms with Crippen LogP contribution in [0.1, 0.15) is 22.8 Å². The van der Waals surface area contributed by atoms with Gasteiger partial charge in [-0.1, -0.05) is 12.1 Å². The van der Waals surface area contributed by atoms with Crippen LogP contribution in [0.5, 0.6) is 5.75 Å². The second-order valence-corrected chi connectivity index (χ2v) is 3.75. The normalized spacial score (nSPS) is 11.6. The average Bonchev–Trinajstić information content (AvgIpc) is 2.46. The summed E-state index contributed by atoms with van der Waals surface area (Å²) in [5, 5.41) is 19.0. The van der Waals surface area contributed by atoms with Crippen LogP contribution >= 0.6 is 0 Å². The van der Waals surface area contributed by atoms with Crippen molar-refractivity contribution in [3.8, 4) is 11.8 Å². The van der Waals surface area contributed by atoms with E-state index in [1.807, 2.05) is 6.07 Å². The summed E-state index contributed by atoms with van der Waals surface area (Å²) >= 11 is 0. The Morgan fingerprint density at radius 1 is 1.28 bits per heavy atom. The van der Waals surface area contributed by atoms with Gasteiger partial charge in [0.1, 0.15) is 11.9 Å². The van der Waals surface area contributed by atoms with Crippen molar-refractivity contribution in [1.82, 2.24) is 4.98 Å². The third-order valence-electron chi connectivity index (χ3n) is 2.69. The van der Waals surface area contributed by atoms with Crippen molar-refractivity contribution in [2.24, 2.45) is 0 Å². The molecule has 0 saturated heterocycles. The predicted molar refractivity (Wildman–Crippen MR) is 66.0 cm³/mol. The zero-order chi connectivity index (χ0) is 13.0. The van der Waals surface area contributed by atoms with E-state index < -0.39 is 6.10 Å². The van der Waals surface area contributed by atoms with Crippen LogP contribution in [-0.4, -0.2) is 17.2 Å². The number of aromatic nitrogens is 1. The fourth-order valence-corrected chi connectivity index (χ4v) is 1.71. The monoisotopic (exact) mass is 240 g/mol. The van der Waals surface area contributed by atoms with Gasteiger partial charge >= 0.3 is 0 Å². The Balaban J connectivity index is 2.35. The molecule has 0 radical (unpaired) electrons. The number of aliphatic hydroxyl groups excluding tert-OH is 1. The maximum atomic E-state index is 10.3. The summed E-state index contributed by atoms with van der Waals surface area (Å²) in [5.41, 5.74) is 1.92. The maximum Gasteiger partial charge on any atom is 0.143 e. The second-order valence-electron chi connectivity index (χ2n) is 3.75. The molecule has 2 rings (SSSR count). The summed E-state index contributed by atoms with van der Waals surface area (Å²) < 4.78 is 5.16. The molecule has 1 aromatic carbocycles. The molecule has 0 bridgehead atoms. The van der Waals surface area contributed by atoms with E-state index in [1.165, 1.54) is 7.11 Å². The number of ether oxygens (including phenoxy) is 1. The molecular formula is C14H12N2O2. The van der Waals surface area contributed by atoms with Crippen LogP contribution < -0.4 is 4.74 Å². The number of benzene rings is 1. The van der Waals surface area contributed by atoms with E-state index in [9.17, 15) is 5.11 Å². The Morgan fingerprint density at radius 2 is 2.00 bits per heavy atom. The number of aliphatic hydroxyl groups is 1. The third kappa shape index (κ3) is 2.31. The highest BCUT2D eigenvalue weighted by molar-refractivity contribution is 5.40. The number of rotatable bonds is 3. The van der Waals surface area contributed by atoms with Gasteiger partial charge in [-0.25, -0.2) is 0 Å². The molecule has 2 aromatic rings. The van der Waals surface area contributed by atoms with Crippen molar-refractivity contribution in [2.45, 2.75) is 6.10 Å². The van der Waals surface area contributed by atoms with Crippen LogP contribution in [0, 0.1) is 11.3 Å². The van der Waals surface area contributed by atoms with Crippen LogP contribution in [0.15, 0.2) is 42.7 Å². The van der Waals surface area contributed by atoms with Crippen LogP contribution in [0.3, 0.4) is 0 Å². The molecule has 0 fully saturated rings. The highest BCUT2D eigenvalue weighted by Gasteiger charge is 2.15. The van der Waals surface area contributed by atoms with E-state index in [0.29, 0.717) is 22.4 Å². The SMILES string of the molecule is COc1cnccc1C(O)c1ccc(C#N)cc1. The minimum absolute atomic E-state index is 0.536.